The number of guanidine groups is 1. The highest BCUT2D eigenvalue weighted by molar-refractivity contribution is 6.02. The second-order valence-corrected chi connectivity index (χ2v) is 9.05. The Hall–Kier alpha value is -3.15. The Labute approximate surface area is 178 Å². The van der Waals surface area contributed by atoms with Gasteiger partial charge in [0.15, 0.2) is 5.96 Å². The predicted octanol–water partition coefficient (Wildman–Crippen LogP) is 3.40. The number of nitrogens with zero attached hydrogens (tertiary/aromatic N) is 3. The molecular weight excluding hydrogens is 374 g/mol. The largest absolute Gasteiger partial charge is 0.398 e. The molecule has 0 spiro atoms. The van der Waals surface area contributed by atoms with Gasteiger partial charge in [-0.2, -0.15) is 0 Å². The molecule has 0 bridgehead atoms. The first-order chi connectivity index (χ1) is 14.0. The fourth-order valence-electron chi connectivity index (χ4n) is 3.94. The Bertz CT molecular complexity index is 1020. The summed E-state index contributed by atoms with van der Waals surface area (Å²) in [5.74, 6) is -0.414. The van der Waals surface area contributed by atoms with Gasteiger partial charge in [-0.3, -0.25) is 14.7 Å². The zero-order chi connectivity index (χ0) is 22.3. The molecule has 0 unspecified atom stereocenters. The van der Waals surface area contributed by atoms with Crippen LogP contribution in [0.1, 0.15) is 55.9 Å². The van der Waals surface area contributed by atoms with Crippen molar-refractivity contribution >= 4 is 23.8 Å². The lowest BCUT2D eigenvalue weighted by atomic mass is 9.73. The van der Waals surface area contributed by atoms with Crippen LogP contribution < -0.4 is 11.5 Å². The molecule has 158 valence electrons. The third-order valence-corrected chi connectivity index (χ3v) is 5.88. The maximum Gasteiger partial charge on any atom is 0.239 e. The number of anilines is 1. The molecule has 0 saturated carbocycles. The molecule has 0 radical (unpaired) electrons. The average Bonchev–Trinajstić information content (AvgIpc) is 2.67. The zero-order valence-corrected chi connectivity index (χ0v) is 18.6. The summed E-state index contributed by atoms with van der Waals surface area (Å²) in [7, 11) is 3.36. The van der Waals surface area contributed by atoms with E-state index >= 15 is 0 Å². The van der Waals surface area contributed by atoms with Crippen LogP contribution in [-0.4, -0.2) is 37.1 Å². The molecule has 0 fully saturated rings. The summed E-state index contributed by atoms with van der Waals surface area (Å²) in [5, 5.41) is 0. The quantitative estimate of drug-likeness (QED) is 0.605. The molecule has 6 heteroatoms. The molecular formula is C24H31N5O. The van der Waals surface area contributed by atoms with Crippen LogP contribution in [0.15, 0.2) is 52.4 Å². The summed E-state index contributed by atoms with van der Waals surface area (Å²) in [6.45, 7) is 8.44. The van der Waals surface area contributed by atoms with E-state index < -0.39 is 11.5 Å². The van der Waals surface area contributed by atoms with E-state index in [0.717, 1.165) is 16.7 Å². The van der Waals surface area contributed by atoms with Crippen molar-refractivity contribution in [2.45, 2.75) is 44.6 Å². The summed E-state index contributed by atoms with van der Waals surface area (Å²) in [5.41, 5.74) is 15.9. The third kappa shape index (κ3) is 3.70. The van der Waals surface area contributed by atoms with Crippen molar-refractivity contribution < 1.29 is 4.79 Å². The van der Waals surface area contributed by atoms with Crippen molar-refractivity contribution in [2.75, 3.05) is 19.8 Å². The van der Waals surface area contributed by atoms with Gasteiger partial charge in [-0.1, -0.05) is 57.2 Å². The van der Waals surface area contributed by atoms with Crippen molar-refractivity contribution in [3.05, 3.63) is 64.7 Å². The fourth-order valence-corrected chi connectivity index (χ4v) is 3.94. The van der Waals surface area contributed by atoms with E-state index in [1.165, 1.54) is 10.5 Å². The van der Waals surface area contributed by atoms with E-state index in [1.54, 1.807) is 20.3 Å². The number of hydrogen-bond donors (Lipinski definition) is 2. The number of aliphatic imine (C=N–C) groups is 2. The number of amides is 1. The molecule has 1 aliphatic rings. The van der Waals surface area contributed by atoms with Crippen molar-refractivity contribution in [1.82, 2.24) is 4.90 Å². The van der Waals surface area contributed by atoms with Crippen molar-refractivity contribution in [2.24, 2.45) is 15.7 Å². The number of nitrogens with two attached hydrogens (primary N) is 2. The van der Waals surface area contributed by atoms with E-state index in [4.69, 9.17) is 16.5 Å². The summed E-state index contributed by atoms with van der Waals surface area (Å²) in [4.78, 5) is 23.6. The molecule has 6 nitrogen and oxygen atoms in total. The fraction of sp³-hybridized carbons (Fsp3) is 0.375. The topological polar surface area (TPSA) is 97.1 Å². The molecule has 2 aromatic carbocycles. The first kappa shape index (κ1) is 21.6. The molecule has 1 heterocycles. The predicted molar refractivity (Wildman–Crippen MR) is 124 cm³/mol. The van der Waals surface area contributed by atoms with Crippen LogP contribution in [0.3, 0.4) is 0 Å². The number of hydrogen-bond acceptors (Lipinski definition) is 5. The monoisotopic (exact) mass is 405 g/mol. The van der Waals surface area contributed by atoms with E-state index in [9.17, 15) is 4.79 Å². The lowest BCUT2D eigenvalue weighted by molar-refractivity contribution is -0.130. The van der Waals surface area contributed by atoms with E-state index in [0.29, 0.717) is 5.69 Å². The highest BCUT2D eigenvalue weighted by atomic mass is 16.2. The van der Waals surface area contributed by atoms with E-state index in [1.807, 2.05) is 37.3 Å². The van der Waals surface area contributed by atoms with Crippen LogP contribution in [0.25, 0.3) is 0 Å². The van der Waals surface area contributed by atoms with Gasteiger partial charge in [-0.05, 0) is 35.1 Å². The Kier molecular flexibility index (Phi) is 5.46. The van der Waals surface area contributed by atoms with Crippen LogP contribution in [0.4, 0.5) is 5.69 Å². The van der Waals surface area contributed by atoms with Crippen molar-refractivity contribution in [1.29, 1.82) is 0 Å². The standard InChI is InChI=1S/C24H31N5O/c1-23(2,3)17-10-7-15(8-11-17)20-21(30)29(6)22(26)28-24(20,4)18-12-9-16(14-27-5)19(25)13-18/h7-14,20H,25H2,1-6H3,(H2,26,28)/t20-,24-/m1/s1. The number of carbonyl (C=O) groups excluding carboxylic acids is 1. The summed E-state index contributed by atoms with van der Waals surface area (Å²) >= 11 is 0. The number of benzene rings is 2. The van der Waals surface area contributed by atoms with Gasteiger partial charge < -0.3 is 11.5 Å². The molecule has 0 saturated heterocycles. The first-order valence-corrected chi connectivity index (χ1v) is 10.0. The number of rotatable bonds is 3. The van der Waals surface area contributed by atoms with Crippen LogP contribution in [0, 0.1) is 0 Å². The first-order valence-electron chi connectivity index (χ1n) is 10.0. The van der Waals surface area contributed by atoms with Crippen LogP contribution in [-0.2, 0) is 15.7 Å². The third-order valence-electron chi connectivity index (χ3n) is 5.88. The molecule has 3 rings (SSSR count). The van der Waals surface area contributed by atoms with Gasteiger partial charge >= 0.3 is 0 Å². The second-order valence-electron chi connectivity index (χ2n) is 9.05. The van der Waals surface area contributed by atoms with E-state index in [-0.39, 0.29) is 17.3 Å². The number of nitrogen functional groups attached to an aromatic ring is 1. The van der Waals surface area contributed by atoms with Gasteiger partial charge in [0.25, 0.3) is 0 Å². The molecule has 1 aliphatic heterocycles. The van der Waals surface area contributed by atoms with Crippen LogP contribution in [0.2, 0.25) is 0 Å². The van der Waals surface area contributed by atoms with Gasteiger partial charge in [0.05, 0.1) is 5.92 Å². The molecule has 1 amide bonds. The summed E-state index contributed by atoms with van der Waals surface area (Å²) in [6.07, 6.45) is 1.71. The molecule has 2 aromatic rings. The maximum atomic E-state index is 13.4. The maximum absolute atomic E-state index is 13.4. The zero-order valence-electron chi connectivity index (χ0n) is 18.6. The molecule has 4 N–H and O–H groups in total. The van der Waals surface area contributed by atoms with Crippen LogP contribution in [0.5, 0.6) is 0 Å². The highest BCUT2D eigenvalue weighted by Crippen LogP contribution is 2.44. The SMILES string of the molecule is CN=Cc1ccc([C@@]2(C)N=C(N)N(C)C(=O)[C@H]2c2ccc(C(C)(C)C)cc2)cc1N. The van der Waals surface area contributed by atoms with Crippen LogP contribution >= 0.6 is 0 Å². The minimum atomic E-state index is -0.882. The highest BCUT2D eigenvalue weighted by Gasteiger charge is 2.47. The van der Waals surface area contributed by atoms with Crippen molar-refractivity contribution in [3.8, 4) is 0 Å². The minimum absolute atomic E-state index is 0.0306. The molecule has 2 atom stereocenters. The Morgan fingerprint density at radius 2 is 1.77 bits per heavy atom. The lowest BCUT2D eigenvalue weighted by Gasteiger charge is -2.41. The summed E-state index contributed by atoms with van der Waals surface area (Å²) < 4.78 is 0. The number of carbonyl (C=O) groups is 1. The Balaban J connectivity index is 2.16. The molecule has 0 aromatic heterocycles. The van der Waals surface area contributed by atoms with E-state index in [2.05, 4.69) is 37.9 Å². The van der Waals surface area contributed by atoms with Gasteiger partial charge in [0, 0.05) is 31.6 Å². The Morgan fingerprint density at radius 3 is 2.30 bits per heavy atom. The van der Waals surface area contributed by atoms with Gasteiger partial charge in [-0.15, -0.1) is 0 Å². The Morgan fingerprint density at radius 1 is 1.13 bits per heavy atom. The van der Waals surface area contributed by atoms with Gasteiger partial charge in [-0.25, -0.2) is 4.99 Å². The van der Waals surface area contributed by atoms with Gasteiger partial charge in [0.1, 0.15) is 5.54 Å². The second kappa shape index (κ2) is 7.59. The normalized spacial score (nSPS) is 22.5. The smallest absolute Gasteiger partial charge is 0.239 e. The number of likely N-dealkylation sites (N-methyl/N-ethyl adjacent to an activating group) is 1. The molecule has 0 aliphatic carbocycles. The summed E-state index contributed by atoms with van der Waals surface area (Å²) in [6, 6.07) is 13.9. The average molecular weight is 406 g/mol. The van der Waals surface area contributed by atoms with Crippen molar-refractivity contribution in [3.63, 3.8) is 0 Å². The lowest BCUT2D eigenvalue weighted by Crippen LogP contribution is -2.52. The van der Waals surface area contributed by atoms with Gasteiger partial charge in [0.2, 0.25) is 5.91 Å². The molecule has 30 heavy (non-hydrogen) atoms. The minimum Gasteiger partial charge on any atom is -0.398 e.